The van der Waals surface area contributed by atoms with Gasteiger partial charge in [-0.3, -0.25) is 0 Å². The number of nitrogens with zero attached hydrogens (tertiary/aromatic N) is 3. The minimum atomic E-state index is 0.657. The summed E-state index contributed by atoms with van der Waals surface area (Å²) in [6.45, 7) is 2.82. The van der Waals surface area contributed by atoms with Gasteiger partial charge in [-0.1, -0.05) is 59.6 Å². The lowest BCUT2D eigenvalue weighted by atomic mass is 10.1. The second-order valence-corrected chi connectivity index (χ2v) is 7.44. The van der Waals surface area contributed by atoms with E-state index in [1.165, 1.54) is 16.8 Å². The Labute approximate surface area is 175 Å². The lowest BCUT2D eigenvalue weighted by molar-refractivity contribution is 0.419. The van der Waals surface area contributed by atoms with Gasteiger partial charge in [0.05, 0.1) is 18.2 Å². The second-order valence-electron chi connectivity index (χ2n) is 7.44. The van der Waals surface area contributed by atoms with Crippen LogP contribution >= 0.6 is 0 Å². The van der Waals surface area contributed by atoms with E-state index in [1.807, 2.05) is 36.4 Å². The zero-order chi connectivity index (χ0) is 20.5. The molecule has 0 saturated heterocycles. The predicted octanol–water partition coefficient (Wildman–Crippen LogP) is 5.10. The van der Waals surface area contributed by atoms with Crippen molar-refractivity contribution in [1.82, 2.24) is 14.5 Å². The lowest BCUT2D eigenvalue weighted by Gasteiger charge is -2.09. The normalized spacial score (nSPS) is 12.9. The number of nitrogens with one attached hydrogen (secondary N) is 1. The number of hydrogen-bond acceptors (Lipinski definition) is 4. The van der Waals surface area contributed by atoms with Crippen LogP contribution in [-0.2, 0) is 13.0 Å². The van der Waals surface area contributed by atoms with Crippen LogP contribution in [0.5, 0.6) is 5.75 Å². The minimum absolute atomic E-state index is 0.657. The van der Waals surface area contributed by atoms with Gasteiger partial charge in [0.15, 0.2) is 11.3 Å². The number of rotatable bonds is 5. The molecule has 0 saturated carbocycles. The average molecular weight is 395 g/mol. The zero-order valence-electron chi connectivity index (χ0n) is 17.1. The molecule has 0 aliphatic carbocycles. The van der Waals surface area contributed by atoms with Crippen molar-refractivity contribution in [3.05, 3.63) is 83.9 Å². The molecule has 3 aromatic carbocycles. The molecule has 0 radical (unpaired) electrons. The summed E-state index contributed by atoms with van der Waals surface area (Å²) in [6, 6.07) is 24.7. The summed E-state index contributed by atoms with van der Waals surface area (Å²) in [6.07, 6.45) is 0.899. The van der Waals surface area contributed by atoms with Crippen molar-refractivity contribution in [3.63, 3.8) is 0 Å². The molecule has 0 fully saturated rings. The van der Waals surface area contributed by atoms with Gasteiger partial charge in [0.2, 0.25) is 5.82 Å². The van der Waals surface area contributed by atoms with E-state index in [0.717, 1.165) is 34.6 Å². The van der Waals surface area contributed by atoms with Crippen LogP contribution in [-0.4, -0.2) is 22.8 Å². The number of hydrogen-bond donors (Lipinski definition) is 1. The Hall–Kier alpha value is -3.73. The standard InChI is InChI=1S/C25H23N4O/c1-17-15-19-11-6-7-13-21(19)29(17)25-27-23-20(12-8-14-22(23)30-2)24(28-25)26-16-18-9-4-3-5-10-18/h3-14H,15-16H2,1-2H3,(H,26,27,28)/q+1. The van der Waals surface area contributed by atoms with Gasteiger partial charge in [0.1, 0.15) is 5.69 Å². The Morgan fingerprint density at radius 2 is 1.73 bits per heavy atom. The van der Waals surface area contributed by atoms with Crippen LogP contribution in [0.25, 0.3) is 10.9 Å². The van der Waals surface area contributed by atoms with Crippen molar-refractivity contribution in [2.45, 2.75) is 19.9 Å². The van der Waals surface area contributed by atoms with Gasteiger partial charge in [-0.15, -0.1) is 0 Å². The van der Waals surface area contributed by atoms with Crippen molar-refractivity contribution < 1.29 is 4.74 Å². The molecule has 4 aromatic rings. The number of ether oxygens (including phenoxy) is 1. The van der Waals surface area contributed by atoms with Crippen molar-refractivity contribution in [1.29, 1.82) is 0 Å². The van der Waals surface area contributed by atoms with E-state index in [-0.39, 0.29) is 0 Å². The summed E-state index contributed by atoms with van der Waals surface area (Å²) in [4.78, 5) is 9.87. The maximum Gasteiger partial charge on any atom is 0.440 e. The molecule has 1 aromatic heterocycles. The Morgan fingerprint density at radius 1 is 0.933 bits per heavy atom. The monoisotopic (exact) mass is 395 g/mol. The van der Waals surface area contributed by atoms with E-state index in [1.54, 1.807) is 7.11 Å². The van der Waals surface area contributed by atoms with E-state index in [2.05, 4.69) is 53.2 Å². The summed E-state index contributed by atoms with van der Waals surface area (Å²) in [7, 11) is 1.68. The summed E-state index contributed by atoms with van der Waals surface area (Å²) in [5.74, 6) is 2.20. The first-order valence-electron chi connectivity index (χ1n) is 10.1. The lowest BCUT2D eigenvalue weighted by Crippen LogP contribution is -2.13. The van der Waals surface area contributed by atoms with Crippen LogP contribution in [0, 0.1) is 0 Å². The Kier molecular flexibility index (Phi) is 4.64. The number of benzene rings is 3. The summed E-state index contributed by atoms with van der Waals surface area (Å²) in [5, 5.41) is 4.46. The first kappa shape index (κ1) is 18.3. The third-order valence-electron chi connectivity index (χ3n) is 5.46. The smallest absolute Gasteiger partial charge is 0.440 e. The van der Waals surface area contributed by atoms with Crippen LogP contribution < -0.4 is 14.6 Å². The molecule has 0 bridgehead atoms. The Morgan fingerprint density at radius 3 is 2.57 bits per heavy atom. The molecular formula is C25H23N4O+. The molecule has 1 aliphatic heterocycles. The van der Waals surface area contributed by atoms with Gasteiger partial charge in [-0.25, -0.2) is 0 Å². The maximum atomic E-state index is 5.62. The summed E-state index contributed by atoms with van der Waals surface area (Å²) < 4.78 is 7.76. The molecule has 0 unspecified atom stereocenters. The van der Waals surface area contributed by atoms with Crippen molar-refractivity contribution in [3.8, 4) is 5.75 Å². The van der Waals surface area contributed by atoms with Crippen LogP contribution in [0.4, 0.5) is 17.5 Å². The third-order valence-corrected chi connectivity index (χ3v) is 5.46. The van der Waals surface area contributed by atoms with Gasteiger partial charge in [0, 0.05) is 13.0 Å². The predicted molar refractivity (Wildman–Crippen MR) is 122 cm³/mol. The van der Waals surface area contributed by atoms with Crippen LogP contribution in [0.3, 0.4) is 0 Å². The fourth-order valence-corrected chi connectivity index (χ4v) is 4.01. The molecule has 148 valence electrons. The first-order valence-corrected chi connectivity index (χ1v) is 10.1. The van der Waals surface area contributed by atoms with Crippen molar-refractivity contribution in [2.75, 3.05) is 12.4 Å². The number of aromatic nitrogens is 2. The Balaban J connectivity index is 1.65. The molecular weight excluding hydrogens is 372 g/mol. The molecule has 0 amide bonds. The second kappa shape index (κ2) is 7.59. The average Bonchev–Trinajstić information content (AvgIpc) is 3.13. The van der Waals surface area contributed by atoms with Crippen LogP contribution in [0.15, 0.2) is 72.8 Å². The van der Waals surface area contributed by atoms with Gasteiger partial charge < -0.3 is 10.1 Å². The highest BCUT2D eigenvalue weighted by Gasteiger charge is 2.29. The molecule has 1 aliphatic rings. The third kappa shape index (κ3) is 3.18. The highest BCUT2D eigenvalue weighted by atomic mass is 16.5. The van der Waals surface area contributed by atoms with E-state index >= 15 is 0 Å². The molecule has 0 spiro atoms. The van der Waals surface area contributed by atoms with Gasteiger partial charge in [-0.05, 0) is 41.2 Å². The van der Waals surface area contributed by atoms with Crippen molar-refractivity contribution in [2.24, 2.45) is 0 Å². The number of anilines is 1. The van der Waals surface area contributed by atoms with Gasteiger partial charge >= 0.3 is 5.95 Å². The number of para-hydroxylation sites is 2. The van der Waals surface area contributed by atoms with E-state index < -0.39 is 0 Å². The largest absolute Gasteiger partial charge is 0.493 e. The molecule has 30 heavy (non-hydrogen) atoms. The molecule has 5 nitrogen and oxygen atoms in total. The first-order chi connectivity index (χ1) is 14.7. The van der Waals surface area contributed by atoms with Crippen LogP contribution in [0.2, 0.25) is 0 Å². The summed E-state index contributed by atoms with van der Waals surface area (Å²) >= 11 is 0. The fourth-order valence-electron chi connectivity index (χ4n) is 4.01. The number of fused-ring (bicyclic) bond motifs is 2. The van der Waals surface area contributed by atoms with E-state index in [0.29, 0.717) is 12.5 Å². The topological polar surface area (TPSA) is 50.0 Å². The van der Waals surface area contributed by atoms with Gasteiger partial charge in [0.25, 0.3) is 0 Å². The maximum absolute atomic E-state index is 5.62. The molecule has 0 atom stereocenters. The highest BCUT2D eigenvalue weighted by Crippen LogP contribution is 2.34. The number of methoxy groups -OCH3 is 1. The van der Waals surface area contributed by atoms with Gasteiger partial charge in [-0.2, -0.15) is 4.58 Å². The zero-order valence-corrected chi connectivity index (χ0v) is 17.1. The summed E-state index contributed by atoms with van der Waals surface area (Å²) in [5.41, 5.74) is 5.64. The molecule has 2 heterocycles. The highest BCUT2D eigenvalue weighted by molar-refractivity contribution is 5.97. The molecule has 5 heteroatoms. The van der Waals surface area contributed by atoms with E-state index in [9.17, 15) is 0 Å². The Bertz CT molecular complexity index is 1260. The van der Waals surface area contributed by atoms with E-state index in [4.69, 9.17) is 14.7 Å². The fraction of sp³-hybridized carbons (Fsp3) is 0.160. The minimum Gasteiger partial charge on any atom is -0.493 e. The molecule has 5 rings (SSSR count). The SMILES string of the molecule is COc1cccc2c(NCc3ccccc3)nc([N+]3=C(C)Cc4ccccc43)nc12. The quantitative estimate of drug-likeness (QED) is 0.478. The van der Waals surface area contributed by atoms with Crippen molar-refractivity contribution >= 4 is 34.1 Å². The molecule has 1 N–H and O–H groups in total. The van der Waals surface area contributed by atoms with Crippen LogP contribution in [0.1, 0.15) is 18.1 Å².